The number of aromatic carboxylic acids is 1. The largest absolute Gasteiger partial charge is 0.476 e. The molecule has 1 aromatic rings. The highest BCUT2D eigenvalue weighted by molar-refractivity contribution is 6.33. The van der Waals surface area contributed by atoms with Crippen molar-refractivity contribution < 1.29 is 20.1 Å². The molecule has 0 spiro atoms. The molecule has 0 saturated carbocycles. The highest BCUT2D eigenvalue weighted by Crippen LogP contribution is 2.23. The Morgan fingerprint density at radius 2 is 2.12 bits per heavy atom. The van der Waals surface area contributed by atoms with Gasteiger partial charge in [-0.25, -0.2) is 9.78 Å². The molecule has 1 rings (SSSR count). The number of carbonyl (C=O) groups is 1. The van der Waals surface area contributed by atoms with Crippen molar-refractivity contribution in [2.24, 2.45) is 0 Å². The van der Waals surface area contributed by atoms with Gasteiger partial charge in [0.05, 0.1) is 11.1 Å². The lowest BCUT2D eigenvalue weighted by molar-refractivity contribution is 0.0168. The molecular weight excluding hydrogens is 269 g/mol. The van der Waals surface area contributed by atoms with E-state index in [4.69, 9.17) is 28.3 Å². The molecule has 0 aromatic carbocycles. The zero-order chi connectivity index (χ0) is 13.0. The second-order valence-electron chi connectivity index (χ2n) is 3.39. The van der Waals surface area contributed by atoms with Crippen molar-refractivity contribution in [2.45, 2.75) is 18.6 Å². The molecule has 5 nitrogen and oxygen atoms in total. The van der Waals surface area contributed by atoms with Gasteiger partial charge in [-0.15, -0.1) is 11.6 Å². The maximum absolute atomic E-state index is 10.7. The molecule has 2 unspecified atom stereocenters. The number of aliphatic hydroxyl groups excluding tert-OH is 2. The van der Waals surface area contributed by atoms with Crippen molar-refractivity contribution >= 4 is 29.2 Å². The third kappa shape index (κ3) is 3.54. The summed E-state index contributed by atoms with van der Waals surface area (Å²) in [6.45, 7) is 0. The molecule has 1 aromatic heterocycles. The van der Waals surface area contributed by atoms with Crippen LogP contribution in [0.25, 0.3) is 0 Å². The van der Waals surface area contributed by atoms with Crippen LogP contribution in [0.2, 0.25) is 5.02 Å². The number of alkyl halides is 1. The van der Waals surface area contributed by atoms with E-state index in [0.29, 0.717) is 0 Å². The van der Waals surface area contributed by atoms with Crippen molar-refractivity contribution in [1.82, 2.24) is 4.98 Å². The lowest BCUT2D eigenvalue weighted by Crippen LogP contribution is -2.19. The highest BCUT2D eigenvalue weighted by atomic mass is 35.5. The van der Waals surface area contributed by atoms with E-state index in [1.807, 2.05) is 0 Å². The van der Waals surface area contributed by atoms with Crippen LogP contribution >= 0.6 is 23.2 Å². The normalized spacial score (nSPS) is 14.4. The Morgan fingerprint density at radius 3 is 2.59 bits per heavy atom. The maximum atomic E-state index is 10.7. The fourth-order valence-electron chi connectivity index (χ4n) is 1.26. The molecule has 17 heavy (non-hydrogen) atoms. The molecule has 0 saturated heterocycles. The molecule has 0 bridgehead atoms. The quantitative estimate of drug-likeness (QED) is 0.710. The van der Waals surface area contributed by atoms with E-state index in [0.717, 1.165) is 6.20 Å². The predicted molar refractivity (Wildman–Crippen MR) is 62.5 cm³/mol. The molecule has 0 aliphatic carbocycles. The molecule has 2 atom stereocenters. The fraction of sp³-hybridized carbons (Fsp3) is 0.400. The zero-order valence-electron chi connectivity index (χ0n) is 8.68. The number of carboxylic acid groups (broad SMARTS) is 1. The van der Waals surface area contributed by atoms with Gasteiger partial charge in [-0.05, 0) is 12.5 Å². The standard InChI is InChI=1S/C10H11Cl2NO4/c11-2-1-7(14)9(15)5-3-6(12)8(10(16)17)13-4-5/h3-4,7,9,14-15H,1-2H2,(H,16,17). The van der Waals surface area contributed by atoms with E-state index in [9.17, 15) is 15.0 Å². The summed E-state index contributed by atoms with van der Waals surface area (Å²) in [5.41, 5.74) is -0.0490. The monoisotopic (exact) mass is 279 g/mol. The molecule has 1 heterocycles. The van der Waals surface area contributed by atoms with Crippen molar-refractivity contribution in [2.75, 3.05) is 5.88 Å². The molecule has 7 heteroatoms. The zero-order valence-corrected chi connectivity index (χ0v) is 10.2. The summed E-state index contributed by atoms with van der Waals surface area (Å²) in [4.78, 5) is 14.3. The lowest BCUT2D eigenvalue weighted by Gasteiger charge is -2.17. The summed E-state index contributed by atoms with van der Waals surface area (Å²) < 4.78 is 0. The van der Waals surface area contributed by atoms with Gasteiger partial charge in [-0.3, -0.25) is 0 Å². The third-order valence-corrected chi connectivity index (χ3v) is 2.68. The number of rotatable bonds is 5. The minimum absolute atomic E-state index is 0.0906. The highest BCUT2D eigenvalue weighted by Gasteiger charge is 2.20. The van der Waals surface area contributed by atoms with Crippen LogP contribution in [-0.4, -0.2) is 38.3 Å². The van der Waals surface area contributed by atoms with Gasteiger partial charge in [-0.1, -0.05) is 11.6 Å². The molecule has 94 valence electrons. The van der Waals surface area contributed by atoms with Crippen molar-refractivity contribution in [3.8, 4) is 0 Å². The first-order valence-corrected chi connectivity index (χ1v) is 5.69. The number of carboxylic acids is 1. The van der Waals surface area contributed by atoms with E-state index in [1.54, 1.807) is 0 Å². The van der Waals surface area contributed by atoms with E-state index < -0.39 is 18.2 Å². The Labute approximate surface area is 108 Å². The van der Waals surface area contributed by atoms with Crippen molar-refractivity contribution in [1.29, 1.82) is 0 Å². The van der Waals surface area contributed by atoms with Gasteiger partial charge in [0.1, 0.15) is 6.10 Å². The minimum atomic E-state index is -1.25. The Bertz CT molecular complexity index is 413. The summed E-state index contributed by atoms with van der Waals surface area (Å²) in [5, 5.41) is 27.9. The van der Waals surface area contributed by atoms with Gasteiger partial charge in [0.2, 0.25) is 0 Å². The maximum Gasteiger partial charge on any atom is 0.356 e. The van der Waals surface area contributed by atoms with E-state index in [2.05, 4.69) is 4.98 Å². The van der Waals surface area contributed by atoms with Crippen molar-refractivity contribution in [3.05, 3.63) is 28.5 Å². The third-order valence-electron chi connectivity index (χ3n) is 2.18. The molecule has 0 aliphatic heterocycles. The average Bonchev–Trinajstić information content (AvgIpc) is 2.27. The van der Waals surface area contributed by atoms with E-state index in [-0.39, 0.29) is 28.6 Å². The molecule has 0 radical (unpaired) electrons. The Balaban J connectivity index is 2.93. The van der Waals surface area contributed by atoms with Crippen LogP contribution in [0.1, 0.15) is 28.6 Å². The topological polar surface area (TPSA) is 90.7 Å². The molecule has 0 fully saturated rings. The number of hydrogen-bond acceptors (Lipinski definition) is 4. The number of hydrogen-bond donors (Lipinski definition) is 3. The average molecular weight is 280 g/mol. The Morgan fingerprint density at radius 1 is 1.47 bits per heavy atom. The van der Waals surface area contributed by atoms with Gasteiger partial charge in [-0.2, -0.15) is 0 Å². The Hall–Kier alpha value is -0.880. The number of aliphatic hydroxyl groups is 2. The molecule has 3 N–H and O–H groups in total. The summed E-state index contributed by atoms with van der Waals surface area (Å²) in [7, 11) is 0. The minimum Gasteiger partial charge on any atom is -0.476 e. The summed E-state index contributed by atoms with van der Waals surface area (Å²) in [6, 6.07) is 1.26. The van der Waals surface area contributed by atoms with E-state index in [1.165, 1.54) is 6.07 Å². The van der Waals surface area contributed by atoms with Gasteiger partial charge >= 0.3 is 5.97 Å². The van der Waals surface area contributed by atoms with Gasteiger partial charge < -0.3 is 15.3 Å². The van der Waals surface area contributed by atoms with Crippen LogP contribution in [0.15, 0.2) is 12.3 Å². The van der Waals surface area contributed by atoms with Crippen LogP contribution < -0.4 is 0 Å². The SMILES string of the molecule is O=C(O)c1ncc(C(O)C(O)CCCl)cc1Cl. The molecular formula is C10H11Cl2NO4. The summed E-state index contributed by atoms with van der Waals surface area (Å²) in [5.74, 6) is -1.05. The van der Waals surface area contributed by atoms with Crippen LogP contribution in [-0.2, 0) is 0 Å². The number of pyridine rings is 1. The first-order valence-electron chi connectivity index (χ1n) is 4.78. The van der Waals surface area contributed by atoms with Gasteiger partial charge in [0, 0.05) is 17.6 Å². The van der Waals surface area contributed by atoms with Gasteiger partial charge in [0.25, 0.3) is 0 Å². The second kappa shape index (κ2) is 6.16. The van der Waals surface area contributed by atoms with E-state index >= 15 is 0 Å². The van der Waals surface area contributed by atoms with Crippen molar-refractivity contribution in [3.63, 3.8) is 0 Å². The first-order chi connectivity index (χ1) is 7.97. The fourth-order valence-corrected chi connectivity index (χ4v) is 1.74. The molecule has 0 amide bonds. The summed E-state index contributed by atoms with van der Waals surface area (Å²) >= 11 is 11.1. The lowest BCUT2D eigenvalue weighted by atomic mass is 10.0. The first kappa shape index (κ1) is 14.2. The predicted octanol–water partition coefficient (Wildman–Crippen LogP) is 1.46. The number of halogens is 2. The molecule has 0 aliphatic rings. The second-order valence-corrected chi connectivity index (χ2v) is 4.18. The van der Waals surface area contributed by atoms with Crippen LogP contribution in [0.3, 0.4) is 0 Å². The number of aromatic nitrogens is 1. The van der Waals surface area contributed by atoms with Gasteiger partial charge in [0.15, 0.2) is 5.69 Å². The Kier molecular flexibility index (Phi) is 5.14. The van der Waals surface area contributed by atoms with Crippen LogP contribution in [0, 0.1) is 0 Å². The van der Waals surface area contributed by atoms with Crippen LogP contribution in [0.5, 0.6) is 0 Å². The number of nitrogens with zero attached hydrogens (tertiary/aromatic N) is 1. The smallest absolute Gasteiger partial charge is 0.356 e. The van der Waals surface area contributed by atoms with Crippen LogP contribution in [0.4, 0.5) is 0 Å². The summed E-state index contributed by atoms with van der Waals surface area (Å²) in [6.07, 6.45) is -0.860.